The minimum atomic E-state index is -1.51. The van der Waals surface area contributed by atoms with Crippen molar-refractivity contribution < 1.29 is 19.1 Å². The first-order valence-electron chi connectivity index (χ1n) is 8.19. The largest absolute Gasteiger partial charge is 0.405 e. The van der Waals surface area contributed by atoms with Gasteiger partial charge in [0, 0.05) is 11.1 Å². The molecule has 2 unspecified atom stereocenters. The highest BCUT2D eigenvalue weighted by Crippen LogP contribution is 2.40. The maximum absolute atomic E-state index is 12.6. The Morgan fingerprint density at radius 3 is 1.35 bits per heavy atom. The summed E-state index contributed by atoms with van der Waals surface area (Å²) in [6.45, 7) is 3.09. The van der Waals surface area contributed by atoms with E-state index in [9.17, 15) is 9.59 Å². The summed E-state index contributed by atoms with van der Waals surface area (Å²) in [4.78, 5) is 34.2. The van der Waals surface area contributed by atoms with Crippen LogP contribution in [0.5, 0.6) is 0 Å². The summed E-state index contributed by atoms with van der Waals surface area (Å²) in [5.41, 5.74) is -1.70. The van der Waals surface area contributed by atoms with Crippen LogP contribution in [0.4, 0.5) is 0 Å². The lowest BCUT2D eigenvalue weighted by Crippen LogP contribution is -2.55. The fraction of sp³-hybridized carbons (Fsp3) is 0.200. The van der Waals surface area contributed by atoms with E-state index >= 15 is 0 Å². The molecule has 6 heteroatoms. The van der Waals surface area contributed by atoms with Crippen LogP contribution < -0.4 is 0 Å². The maximum atomic E-state index is 12.6. The van der Waals surface area contributed by atoms with E-state index in [0.29, 0.717) is 11.1 Å². The molecule has 6 nitrogen and oxygen atoms in total. The molecule has 0 bridgehead atoms. The van der Waals surface area contributed by atoms with Gasteiger partial charge in [0.1, 0.15) is 0 Å². The standard InChI is InChI=1S/C20H16N2O4/c1-19(17(23)25-15(21-19)13-9-5-3-6-10-13)20(2)18(24)26-16(22-20)14-11-7-4-8-12-14/h3-12H,1-2H3. The van der Waals surface area contributed by atoms with Crippen LogP contribution in [0.1, 0.15) is 25.0 Å². The number of ether oxygens (including phenoxy) is 2. The molecule has 130 valence electrons. The average molecular weight is 348 g/mol. The van der Waals surface area contributed by atoms with Crippen LogP contribution in [0.2, 0.25) is 0 Å². The molecule has 2 aromatic carbocycles. The van der Waals surface area contributed by atoms with Gasteiger partial charge in [-0.05, 0) is 38.1 Å². The molecule has 2 aliphatic rings. The van der Waals surface area contributed by atoms with Gasteiger partial charge in [0.15, 0.2) is 11.1 Å². The second-order valence-corrected chi connectivity index (χ2v) is 6.49. The van der Waals surface area contributed by atoms with Crippen LogP contribution in [-0.2, 0) is 19.1 Å². The first-order valence-corrected chi connectivity index (χ1v) is 8.19. The number of cyclic esters (lactones) is 2. The molecule has 0 fully saturated rings. The number of nitrogens with zero attached hydrogens (tertiary/aromatic N) is 2. The lowest BCUT2D eigenvalue weighted by molar-refractivity contribution is -0.149. The molecule has 0 saturated heterocycles. The Labute approximate surface area is 150 Å². The SMILES string of the molecule is CC1(C2(C)N=C(c3ccccc3)OC2=O)N=C(c2ccccc2)OC1=O. The number of esters is 2. The van der Waals surface area contributed by atoms with Crippen LogP contribution in [0.25, 0.3) is 0 Å². The number of carbonyl (C=O) groups excluding carboxylic acids is 2. The van der Waals surface area contributed by atoms with Crippen molar-refractivity contribution in [2.75, 3.05) is 0 Å². The molecule has 2 heterocycles. The molecule has 4 rings (SSSR count). The second-order valence-electron chi connectivity index (χ2n) is 6.49. The van der Waals surface area contributed by atoms with Crippen LogP contribution in [-0.4, -0.2) is 34.8 Å². The fourth-order valence-electron chi connectivity index (χ4n) is 2.94. The first-order chi connectivity index (χ1) is 12.4. The molecule has 0 N–H and O–H groups in total. The third kappa shape index (κ3) is 2.26. The van der Waals surface area contributed by atoms with E-state index in [4.69, 9.17) is 9.47 Å². The van der Waals surface area contributed by atoms with E-state index in [1.165, 1.54) is 0 Å². The van der Waals surface area contributed by atoms with Crippen molar-refractivity contribution in [3.8, 4) is 0 Å². The molecular formula is C20H16N2O4. The molecule has 2 aromatic rings. The summed E-state index contributed by atoms with van der Waals surface area (Å²) in [5.74, 6) is -0.909. The number of carbonyl (C=O) groups is 2. The molecule has 0 spiro atoms. The van der Waals surface area contributed by atoms with Crippen LogP contribution in [0.3, 0.4) is 0 Å². The summed E-state index contributed by atoms with van der Waals surface area (Å²) in [7, 11) is 0. The van der Waals surface area contributed by atoms with Crippen molar-refractivity contribution in [3.63, 3.8) is 0 Å². The lowest BCUT2D eigenvalue weighted by Gasteiger charge is -2.28. The summed E-state index contributed by atoms with van der Waals surface area (Å²) >= 11 is 0. The maximum Gasteiger partial charge on any atom is 0.343 e. The van der Waals surface area contributed by atoms with Gasteiger partial charge in [-0.15, -0.1) is 0 Å². The van der Waals surface area contributed by atoms with Crippen LogP contribution in [0, 0.1) is 0 Å². The van der Waals surface area contributed by atoms with Gasteiger partial charge in [0.2, 0.25) is 11.8 Å². The Balaban J connectivity index is 1.77. The lowest BCUT2D eigenvalue weighted by atomic mass is 9.81. The second kappa shape index (κ2) is 5.62. The fourth-order valence-corrected chi connectivity index (χ4v) is 2.94. The topological polar surface area (TPSA) is 77.3 Å². The number of hydrogen-bond donors (Lipinski definition) is 0. The Hall–Kier alpha value is -3.28. The van der Waals surface area contributed by atoms with Crippen molar-refractivity contribution >= 4 is 23.7 Å². The van der Waals surface area contributed by atoms with Gasteiger partial charge in [-0.25, -0.2) is 19.6 Å². The highest BCUT2D eigenvalue weighted by atomic mass is 16.6. The zero-order chi connectivity index (χ0) is 18.4. The minimum Gasteiger partial charge on any atom is -0.405 e. The van der Waals surface area contributed by atoms with E-state index in [1.807, 2.05) is 36.4 Å². The van der Waals surface area contributed by atoms with E-state index in [2.05, 4.69) is 9.98 Å². The Bertz CT molecular complexity index is 873. The number of benzene rings is 2. The third-order valence-electron chi connectivity index (χ3n) is 4.81. The Kier molecular flexibility index (Phi) is 3.50. The van der Waals surface area contributed by atoms with Crippen molar-refractivity contribution in [2.24, 2.45) is 9.98 Å². The summed E-state index contributed by atoms with van der Waals surface area (Å²) < 4.78 is 10.7. The molecule has 0 aliphatic carbocycles. The predicted octanol–water partition coefficient (Wildman–Crippen LogP) is 2.51. The Morgan fingerprint density at radius 1 is 0.654 bits per heavy atom. The minimum absolute atomic E-state index is 0.176. The van der Waals surface area contributed by atoms with Crippen molar-refractivity contribution in [1.82, 2.24) is 0 Å². The molecular weight excluding hydrogens is 332 g/mol. The highest BCUT2D eigenvalue weighted by molar-refractivity contribution is 6.14. The van der Waals surface area contributed by atoms with Gasteiger partial charge >= 0.3 is 11.9 Å². The van der Waals surface area contributed by atoms with Crippen molar-refractivity contribution in [3.05, 3.63) is 71.8 Å². The normalized spacial score (nSPS) is 27.6. The quantitative estimate of drug-likeness (QED) is 0.799. The van der Waals surface area contributed by atoms with E-state index in [0.717, 1.165) is 0 Å². The van der Waals surface area contributed by atoms with Gasteiger partial charge in [-0.3, -0.25) is 0 Å². The predicted molar refractivity (Wildman–Crippen MR) is 95.0 cm³/mol. The smallest absolute Gasteiger partial charge is 0.343 e. The van der Waals surface area contributed by atoms with E-state index < -0.39 is 23.0 Å². The molecule has 0 saturated carbocycles. The van der Waals surface area contributed by atoms with Gasteiger partial charge in [-0.1, -0.05) is 36.4 Å². The monoisotopic (exact) mass is 348 g/mol. The summed E-state index contributed by atoms with van der Waals surface area (Å²) in [5, 5.41) is 0. The zero-order valence-corrected chi connectivity index (χ0v) is 14.3. The molecule has 0 radical (unpaired) electrons. The Morgan fingerprint density at radius 2 is 1.00 bits per heavy atom. The average Bonchev–Trinajstić information content (AvgIpc) is 3.15. The van der Waals surface area contributed by atoms with Gasteiger partial charge < -0.3 is 9.47 Å². The first kappa shape index (κ1) is 16.2. The zero-order valence-electron chi connectivity index (χ0n) is 14.3. The molecule has 26 heavy (non-hydrogen) atoms. The van der Waals surface area contributed by atoms with Crippen LogP contribution >= 0.6 is 0 Å². The highest BCUT2D eigenvalue weighted by Gasteiger charge is 2.63. The molecule has 0 aromatic heterocycles. The summed E-state index contributed by atoms with van der Waals surface area (Å²) in [6, 6.07) is 18.1. The third-order valence-corrected chi connectivity index (χ3v) is 4.81. The van der Waals surface area contributed by atoms with Gasteiger partial charge in [-0.2, -0.15) is 0 Å². The molecule has 0 amide bonds. The van der Waals surface area contributed by atoms with Gasteiger partial charge in [0.25, 0.3) is 0 Å². The van der Waals surface area contributed by atoms with Crippen molar-refractivity contribution in [1.29, 1.82) is 0 Å². The summed E-state index contributed by atoms with van der Waals surface area (Å²) in [6.07, 6.45) is 0. The van der Waals surface area contributed by atoms with E-state index in [1.54, 1.807) is 38.1 Å². The van der Waals surface area contributed by atoms with E-state index in [-0.39, 0.29) is 11.8 Å². The van der Waals surface area contributed by atoms with Crippen molar-refractivity contribution in [2.45, 2.75) is 24.9 Å². The molecule has 2 atom stereocenters. The number of hydrogen-bond acceptors (Lipinski definition) is 6. The van der Waals surface area contributed by atoms with Gasteiger partial charge in [0.05, 0.1) is 0 Å². The number of aliphatic imine (C=N–C) groups is 2. The van der Waals surface area contributed by atoms with Crippen LogP contribution in [0.15, 0.2) is 70.6 Å². The molecule has 2 aliphatic heterocycles. The number of rotatable bonds is 3.